The van der Waals surface area contributed by atoms with Gasteiger partial charge >= 0.3 is 0 Å². The average Bonchev–Trinajstić information content (AvgIpc) is 2.58. The van der Waals surface area contributed by atoms with Crippen molar-refractivity contribution in [1.29, 1.82) is 0 Å². The fourth-order valence-corrected chi connectivity index (χ4v) is 2.93. The second kappa shape index (κ2) is 3.27. The van der Waals surface area contributed by atoms with Gasteiger partial charge in [0.15, 0.2) is 0 Å². The summed E-state index contributed by atoms with van der Waals surface area (Å²) in [4.78, 5) is 0. The molecule has 3 heteroatoms. The predicted octanol–water partition coefficient (Wildman–Crippen LogP) is 3.36. The molecule has 0 aliphatic carbocycles. The van der Waals surface area contributed by atoms with Gasteiger partial charge in [-0.1, -0.05) is 0 Å². The number of halogens is 1. The summed E-state index contributed by atoms with van der Waals surface area (Å²) in [7, 11) is 1.72. The minimum Gasteiger partial charge on any atom is -0.497 e. The Kier molecular flexibility index (Phi) is 2.02. The van der Waals surface area contributed by atoms with Crippen LogP contribution >= 0.6 is 15.9 Å². The predicted molar refractivity (Wildman–Crippen MR) is 64.5 cm³/mol. The van der Waals surface area contributed by atoms with Crippen molar-refractivity contribution < 1.29 is 4.74 Å². The van der Waals surface area contributed by atoms with E-state index < -0.39 is 0 Å². The molecule has 0 saturated heterocycles. The van der Waals surface area contributed by atoms with Gasteiger partial charge in [-0.25, -0.2) is 0 Å². The van der Waals surface area contributed by atoms with E-state index >= 15 is 0 Å². The standard InChI is InChI=1S/C12H12BrNO/c1-15-9-5-8-3-2-4-14-7-11(13)10(6-9)12(8)14/h5-7H,2-4H2,1H3. The van der Waals surface area contributed by atoms with Gasteiger partial charge in [0.05, 0.1) is 12.6 Å². The molecule has 1 aliphatic heterocycles. The fraction of sp³-hybridized carbons (Fsp3) is 0.333. The summed E-state index contributed by atoms with van der Waals surface area (Å²) in [6.45, 7) is 1.13. The molecule has 0 unspecified atom stereocenters. The van der Waals surface area contributed by atoms with Gasteiger partial charge in [0.25, 0.3) is 0 Å². The number of hydrogen-bond donors (Lipinski definition) is 0. The summed E-state index contributed by atoms with van der Waals surface area (Å²) in [5, 5.41) is 1.27. The molecular formula is C12H12BrNO. The number of ether oxygens (including phenoxy) is 1. The largest absolute Gasteiger partial charge is 0.497 e. The topological polar surface area (TPSA) is 14.2 Å². The first-order valence-corrected chi connectivity index (χ1v) is 5.94. The lowest BCUT2D eigenvalue weighted by atomic mass is 10.0. The van der Waals surface area contributed by atoms with Crippen LogP contribution in [0.5, 0.6) is 5.75 Å². The normalized spacial score (nSPS) is 14.5. The smallest absolute Gasteiger partial charge is 0.119 e. The fourth-order valence-electron chi connectivity index (χ4n) is 2.38. The number of aromatic nitrogens is 1. The van der Waals surface area contributed by atoms with Crippen molar-refractivity contribution in [2.75, 3.05) is 7.11 Å². The summed E-state index contributed by atoms with van der Waals surface area (Å²) in [6.07, 6.45) is 4.55. The molecule has 1 aromatic heterocycles. The van der Waals surface area contributed by atoms with E-state index in [1.165, 1.54) is 27.4 Å². The van der Waals surface area contributed by atoms with E-state index in [9.17, 15) is 0 Å². The molecule has 0 N–H and O–H groups in total. The van der Waals surface area contributed by atoms with Crippen molar-refractivity contribution in [3.63, 3.8) is 0 Å². The molecule has 0 amide bonds. The molecular weight excluding hydrogens is 254 g/mol. The third-order valence-electron chi connectivity index (χ3n) is 3.06. The minimum atomic E-state index is 0.956. The third-order valence-corrected chi connectivity index (χ3v) is 3.69. The van der Waals surface area contributed by atoms with Crippen LogP contribution in [0.2, 0.25) is 0 Å². The van der Waals surface area contributed by atoms with Crippen molar-refractivity contribution in [1.82, 2.24) is 4.57 Å². The number of benzene rings is 1. The van der Waals surface area contributed by atoms with E-state index in [-0.39, 0.29) is 0 Å². The van der Waals surface area contributed by atoms with Crippen molar-refractivity contribution >= 4 is 26.8 Å². The summed E-state index contributed by atoms with van der Waals surface area (Å²) in [5.41, 5.74) is 2.77. The molecule has 15 heavy (non-hydrogen) atoms. The van der Waals surface area contributed by atoms with Gasteiger partial charge in [0, 0.05) is 22.6 Å². The first-order chi connectivity index (χ1) is 7.29. The average molecular weight is 266 g/mol. The Hall–Kier alpha value is -0.960. The molecule has 1 aromatic carbocycles. The van der Waals surface area contributed by atoms with Crippen LogP contribution in [0, 0.1) is 0 Å². The van der Waals surface area contributed by atoms with Crippen LogP contribution in [0.25, 0.3) is 10.9 Å². The molecule has 0 spiro atoms. The highest BCUT2D eigenvalue weighted by molar-refractivity contribution is 9.10. The monoisotopic (exact) mass is 265 g/mol. The zero-order chi connectivity index (χ0) is 10.4. The minimum absolute atomic E-state index is 0.956. The van der Waals surface area contributed by atoms with Crippen molar-refractivity contribution in [3.8, 4) is 5.75 Å². The van der Waals surface area contributed by atoms with E-state index in [4.69, 9.17) is 4.74 Å². The van der Waals surface area contributed by atoms with E-state index in [1.807, 2.05) is 0 Å². The van der Waals surface area contributed by atoms with Crippen LogP contribution in [0.1, 0.15) is 12.0 Å². The number of rotatable bonds is 1. The molecule has 2 aromatic rings. The van der Waals surface area contributed by atoms with Crippen LogP contribution in [0.3, 0.4) is 0 Å². The first kappa shape index (κ1) is 9.28. The second-order valence-corrected chi connectivity index (χ2v) is 4.81. The summed E-state index contributed by atoms with van der Waals surface area (Å²) in [6, 6.07) is 4.26. The molecule has 2 nitrogen and oxygen atoms in total. The van der Waals surface area contributed by atoms with Crippen molar-refractivity contribution in [2.45, 2.75) is 19.4 Å². The lowest BCUT2D eigenvalue weighted by Gasteiger charge is -2.16. The first-order valence-electron chi connectivity index (χ1n) is 5.15. The molecule has 78 valence electrons. The van der Waals surface area contributed by atoms with Gasteiger partial charge in [-0.3, -0.25) is 0 Å². The quantitative estimate of drug-likeness (QED) is 0.772. The number of nitrogens with zero attached hydrogens (tertiary/aromatic N) is 1. The van der Waals surface area contributed by atoms with E-state index in [1.54, 1.807) is 7.11 Å². The highest BCUT2D eigenvalue weighted by Gasteiger charge is 2.16. The Morgan fingerprint density at radius 3 is 3.07 bits per heavy atom. The molecule has 1 aliphatic rings. The Morgan fingerprint density at radius 1 is 1.40 bits per heavy atom. The van der Waals surface area contributed by atoms with Gasteiger partial charge in [-0.05, 0) is 46.5 Å². The molecule has 0 fully saturated rings. The molecule has 3 rings (SSSR count). The van der Waals surface area contributed by atoms with Gasteiger partial charge in [-0.2, -0.15) is 0 Å². The highest BCUT2D eigenvalue weighted by atomic mass is 79.9. The number of hydrogen-bond acceptors (Lipinski definition) is 1. The summed E-state index contributed by atoms with van der Waals surface area (Å²) < 4.78 is 8.82. The third kappa shape index (κ3) is 1.29. The zero-order valence-electron chi connectivity index (χ0n) is 8.59. The van der Waals surface area contributed by atoms with Crippen LogP contribution in [-0.4, -0.2) is 11.7 Å². The molecule has 0 saturated carbocycles. The van der Waals surface area contributed by atoms with Gasteiger partial charge in [0.2, 0.25) is 0 Å². The molecule has 0 radical (unpaired) electrons. The Morgan fingerprint density at radius 2 is 2.27 bits per heavy atom. The number of aryl methyl sites for hydroxylation is 2. The van der Waals surface area contributed by atoms with Gasteiger partial charge < -0.3 is 9.30 Å². The van der Waals surface area contributed by atoms with E-state index in [0.29, 0.717) is 0 Å². The lowest BCUT2D eigenvalue weighted by Crippen LogP contribution is -2.06. The van der Waals surface area contributed by atoms with Crippen LogP contribution in [0.4, 0.5) is 0 Å². The lowest BCUT2D eigenvalue weighted by molar-refractivity contribution is 0.414. The van der Waals surface area contributed by atoms with E-state index in [2.05, 4.69) is 38.8 Å². The number of methoxy groups -OCH3 is 1. The molecule has 0 atom stereocenters. The maximum Gasteiger partial charge on any atom is 0.119 e. The maximum absolute atomic E-state index is 5.32. The summed E-state index contributed by atoms with van der Waals surface area (Å²) >= 11 is 3.61. The van der Waals surface area contributed by atoms with Crippen LogP contribution in [0.15, 0.2) is 22.8 Å². The molecule has 2 heterocycles. The van der Waals surface area contributed by atoms with Gasteiger partial charge in [-0.15, -0.1) is 0 Å². The molecule has 0 bridgehead atoms. The Bertz CT molecular complexity index is 530. The second-order valence-electron chi connectivity index (χ2n) is 3.96. The maximum atomic E-state index is 5.32. The Labute approximate surface area is 97.0 Å². The van der Waals surface area contributed by atoms with Crippen LogP contribution in [-0.2, 0) is 13.0 Å². The highest BCUT2D eigenvalue weighted by Crippen LogP contribution is 2.35. The van der Waals surface area contributed by atoms with E-state index in [0.717, 1.165) is 18.7 Å². The SMILES string of the molecule is COc1cc2c3c(c1)c(Br)cn3CCC2. The van der Waals surface area contributed by atoms with Crippen molar-refractivity contribution in [3.05, 3.63) is 28.4 Å². The van der Waals surface area contributed by atoms with Crippen LogP contribution < -0.4 is 4.74 Å². The zero-order valence-corrected chi connectivity index (χ0v) is 10.2. The Balaban J connectivity index is 2.40. The van der Waals surface area contributed by atoms with Crippen molar-refractivity contribution in [2.24, 2.45) is 0 Å². The summed E-state index contributed by atoms with van der Waals surface area (Å²) in [5.74, 6) is 0.956. The van der Waals surface area contributed by atoms with Gasteiger partial charge in [0.1, 0.15) is 5.75 Å².